The first kappa shape index (κ1) is 70.9. The molecule has 0 amide bonds. The summed E-state index contributed by atoms with van der Waals surface area (Å²) in [4.78, 5) is 20.3. The zero-order valence-electron chi connectivity index (χ0n) is 63.0. The predicted octanol–water partition coefficient (Wildman–Crippen LogP) is 22.9. The molecule has 0 atom stereocenters. The van der Waals surface area contributed by atoms with Gasteiger partial charge in [-0.05, 0) is 115 Å². The van der Waals surface area contributed by atoms with Crippen molar-refractivity contribution in [2.75, 3.05) is 0 Å². The van der Waals surface area contributed by atoms with Gasteiger partial charge in [0.2, 0.25) is 0 Å². The topological polar surface area (TPSA) is 77.8 Å². The Labute approximate surface area is 565 Å². The van der Waals surface area contributed by atoms with E-state index in [1.807, 2.05) is 72.0 Å². The van der Waals surface area contributed by atoms with E-state index in [-0.39, 0.29) is 54.1 Å². The summed E-state index contributed by atoms with van der Waals surface area (Å²) in [7, 11) is 0. The van der Waals surface area contributed by atoms with E-state index in [1.54, 1.807) is 33.4 Å². The van der Waals surface area contributed by atoms with Crippen LogP contribution in [0.3, 0.4) is 0 Å². The summed E-state index contributed by atoms with van der Waals surface area (Å²) < 4.78 is 10.8. The molecule has 0 N–H and O–H groups in total. The van der Waals surface area contributed by atoms with E-state index in [1.165, 1.54) is 67.4 Å². The van der Waals surface area contributed by atoms with Gasteiger partial charge >= 0.3 is 0 Å². The SMILES string of the molecule is CC1(C)c2cccnc2C1(C)C.CC1(C)c2cccnc2C1(C)C.CC1(C)c2ccncc2C1(C)C.CC1(C)c2ccncc2C1(C)C.CC1(C)c2ccoc2C1(C)C.CC1(C)c2ccoc2C1(C)C.CC1(C)c2ccsc2C1(C)C.CC1(C)c2ccsc2C1(C)C. The maximum absolute atomic E-state index is 5.40. The molecule has 16 rings (SSSR count). The van der Waals surface area contributed by atoms with Crippen molar-refractivity contribution in [3.63, 3.8) is 0 Å². The lowest BCUT2D eigenvalue weighted by atomic mass is 9.50. The number of fused-ring (bicyclic) bond motifs is 8. The first-order valence-corrected chi connectivity index (χ1v) is 35.7. The van der Waals surface area contributed by atoms with Crippen LogP contribution in [0.4, 0.5) is 0 Å². The average Bonchev–Trinajstić information content (AvgIpc) is 1.19. The van der Waals surface area contributed by atoms with Crippen molar-refractivity contribution < 1.29 is 8.83 Å². The smallest absolute Gasteiger partial charge is 0.113 e. The third kappa shape index (κ3) is 9.71. The van der Waals surface area contributed by atoms with Gasteiger partial charge in [0, 0.05) is 134 Å². The number of hydrogen-bond acceptors (Lipinski definition) is 8. The molecular weight excluding hydrogens is 1160 g/mol. The van der Waals surface area contributed by atoms with Gasteiger partial charge < -0.3 is 8.83 Å². The summed E-state index contributed by atoms with van der Waals surface area (Å²) in [6, 6.07) is 21.4. The first-order chi connectivity index (χ1) is 41.8. The minimum Gasteiger partial charge on any atom is -0.468 e. The van der Waals surface area contributed by atoms with E-state index in [0.29, 0.717) is 32.5 Å². The Kier molecular flexibility index (Phi) is 17.0. The molecule has 8 aliphatic carbocycles. The number of thiophene rings is 2. The van der Waals surface area contributed by atoms with Crippen molar-refractivity contribution in [2.24, 2.45) is 0 Å². The molecule has 0 radical (unpaired) electrons. The quantitative estimate of drug-likeness (QED) is 0.151. The van der Waals surface area contributed by atoms with Crippen LogP contribution in [0.2, 0.25) is 0 Å². The van der Waals surface area contributed by atoms with Crippen LogP contribution in [0.5, 0.6) is 0 Å². The van der Waals surface area contributed by atoms with E-state index < -0.39 is 0 Å². The molecule has 8 heteroatoms. The highest BCUT2D eigenvalue weighted by Gasteiger charge is 2.58. The average molecular weight is 1280 g/mol. The van der Waals surface area contributed by atoms with Crippen LogP contribution in [0.25, 0.3) is 0 Å². The maximum Gasteiger partial charge on any atom is 0.113 e. The zero-order chi connectivity index (χ0) is 69.0. The van der Waals surface area contributed by atoms with Crippen molar-refractivity contribution in [2.45, 2.75) is 308 Å². The van der Waals surface area contributed by atoms with Crippen LogP contribution in [-0.2, 0) is 86.6 Å². The number of hydrogen-bond donors (Lipinski definition) is 0. The second-order valence-corrected chi connectivity index (χ2v) is 38.1. The minimum atomic E-state index is 0.214. The van der Waals surface area contributed by atoms with Crippen molar-refractivity contribution in [3.05, 3.63) is 209 Å². The Morgan fingerprint density at radius 3 is 0.815 bits per heavy atom. The summed E-state index contributed by atoms with van der Waals surface area (Å²) in [6.07, 6.45) is 15.1. The molecule has 8 aliphatic rings. The third-order valence-corrected chi connectivity index (χ3v) is 31.1. The highest BCUT2D eigenvalue weighted by molar-refractivity contribution is 7.10. The van der Waals surface area contributed by atoms with Crippen LogP contribution in [-0.4, -0.2) is 19.9 Å². The Balaban J connectivity index is 0.000000124. The molecule has 0 bridgehead atoms. The van der Waals surface area contributed by atoms with E-state index in [4.69, 9.17) is 8.83 Å². The zero-order valence-corrected chi connectivity index (χ0v) is 64.6. The van der Waals surface area contributed by atoms with E-state index >= 15 is 0 Å². The van der Waals surface area contributed by atoms with Crippen LogP contribution in [0.1, 0.15) is 310 Å². The monoisotopic (exact) mass is 1280 g/mol. The van der Waals surface area contributed by atoms with Gasteiger partial charge in [0.1, 0.15) is 11.5 Å². The molecule has 8 heterocycles. The van der Waals surface area contributed by atoms with Gasteiger partial charge in [0.25, 0.3) is 0 Å². The van der Waals surface area contributed by atoms with Gasteiger partial charge in [-0.2, -0.15) is 0 Å². The second kappa shape index (κ2) is 22.1. The molecule has 496 valence electrons. The standard InChI is InChI=1S/4C11H15N.2C10H14O.2C10H14S/c2*1-10(2)8-5-6-12-7-9(8)11(10,3)4;2*1-10(2)8-6-5-7-12-9(8)11(10,3)4;4*1-9(2)7-5-6-11-8(7)10(9,3)4/h4*5-7H,1-4H3;4*5-6H,1-4H3. The number of pyridine rings is 4. The molecule has 8 aromatic rings. The normalized spacial score (nSPS) is 23.3. The summed E-state index contributed by atoms with van der Waals surface area (Å²) in [6.45, 7) is 73.3. The van der Waals surface area contributed by atoms with Crippen LogP contribution in [0, 0.1) is 0 Å². The lowest BCUT2D eigenvalue weighted by molar-refractivity contribution is 0.190. The van der Waals surface area contributed by atoms with E-state index in [2.05, 4.69) is 301 Å². The Morgan fingerprint density at radius 1 is 0.250 bits per heavy atom. The van der Waals surface area contributed by atoms with Crippen LogP contribution < -0.4 is 0 Å². The summed E-state index contributed by atoms with van der Waals surface area (Å²) in [5, 5.41) is 4.42. The number of furan rings is 2. The van der Waals surface area contributed by atoms with Gasteiger partial charge in [-0.15, -0.1) is 22.7 Å². The Hall–Kier alpha value is -5.44. The molecule has 0 aliphatic heterocycles. The van der Waals surface area contributed by atoms with Gasteiger partial charge in [-0.3, -0.25) is 19.9 Å². The Bertz CT molecular complexity index is 3260. The summed E-state index contributed by atoms with van der Waals surface area (Å²) in [5.74, 6) is 2.34. The van der Waals surface area contributed by atoms with Crippen LogP contribution >= 0.6 is 22.7 Å². The predicted molar refractivity (Wildman–Crippen MR) is 391 cm³/mol. The summed E-state index contributed by atoms with van der Waals surface area (Å²) >= 11 is 3.80. The molecule has 0 aromatic carbocycles. The van der Waals surface area contributed by atoms with E-state index in [9.17, 15) is 0 Å². The highest BCUT2D eigenvalue weighted by Crippen LogP contribution is 2.62. The molecule has 0 fully saturated rings. The van der Waals surface area contributed by atoms with Crippen molar-refractivity contribution in [1.29, 1.82) is 0 Å². The van der Waals surface area contributed by atoms with Gasteiger partial charge in [0.15, 0.2) is 0 Å². The van der Waals surface area contributed by atoms with Crippen molar-refractivity contribution in [3.8, 4) is 0 Å². The number of rotatable bonds is 0. The summed E-state index contributed by atoms with van der Waals surface area (Å²) in [5.41, 5.74) is 21.8. The third-order valence-electron chi connectivity index (χ3n) is 28.6. The molecule has 0 saturated heterocycles. The lowest BCUT2D eigenvalue weighted by Gasteiger charge is -2.53. The first-order valence-electron chi connectivity index (χ1n) is 34.0. The van der Waals surface area contributed by atoms with Crippen LogP contribution in [0.15, 0.2) is 130 Å². The number of aromatic nitrogens is 4. The fourth-order valence-corrected chi connectivity index (χ4v) is 18.1. The minimum absolute atomic E-state index is 0.214. The molecule has 8 aromatic heterocycles. The molecule has 92 heavy (non-hydrogen) atoms. The van der Waals surface area contributed by atoms with Crippen molar-refractivity contribution in [1.82, 2.24) is 19.9 Å². The largest absolute Gasteiger partial charge is 0.468 e. The number of nitrogens with zero attached hydrogens (tertiary/aromatic N) is 4. The molecule has 0 unspecified atom stereocenters. The lowest BCUT2D eigenvalue weighted by Crippen LogP contribution is -2.51. The van der Waals surface area contributed by atoms with Gasteiger partial charge in [-0.25, -0.2) is 0 Å². The molecular formula is C84H116N4O2S2. The maximum atomic E-state index is 5.40. The fourth-order valence-electron chi connectivity index (χ4n) is 15.4. The molecule has 0 saturated carbocycles. The second-order valence-electron chi connectivity index (χ2n) is 36.3. The molecule has 0 spiro atoms. The van der Waals surface area contributed by atoms with Gasteiger partial charge in [-0.1, -0.05) is 234 Å². The highest BCUT2D eigenvalue weighted by atomic mass is 32.1. The van der Waals surface area contributed by atoms with E-state index in [0.717, 1.165) is 0 Å². The fraction of sp³-hybridized carbons (Fsp3) is 0.571. The van der Waals surface area contributed by atoms with Crippen molar-refractivity contribution >= 4 is 22.7 Å². The van der Waals surface area contributed by atoms with Gasteiger partial charge in [0.05, 0.1) is 23.9 Å². The molecule has 6 nitrogen and oxygen atoms in total. The Morgan fingerprint density at radius 2 is 0.533 bits per heavy atom.